The van der Waals surface area contributed by atoms with Gasteiger partial charge in [0, 0.05) is 38.7 Å². The summed E-state index contributed by atoms with van der Waals surface area (Å²) in [7, 11) is 0. The minimum atomic E-state index is 0. The van der Waals surface area contributed by atoms with Crippen LogP contribution in [0.4, 0.5) is 0 Å². The maximum Gasteiger partial charge on any atom is 0.0680 e. The standard InChI is InChI=1S/2C22H22NO.C22H21NO.Ir/c3*1-22(2,3)19-12-13-23-21(14-19)17-10-8-16(9-11-17)20-7-5-4-6-18(20)15-24;/h2*4-10,12-14,24H,15H2,1-3H3;4-10,12-15,24H,1-3H3;/q2*-1;-2;. The second kappa shape index (κ2) is 24.7. The average Bonchev–Trinajstić information content (AvgIpc) is 3.40. The number of nitrogens with zero attached hydrogens (tertiary/aromatic N) is 3. The summed E-state index contributed by atoms with van der Waals surface area (Å²) in [5, 5.41) is 28.4. The number of aliphatic hydroxyl groups excluding tert-OH is 3. The van der Waals surface area contributed by atoms with Crippen molar-refractivity contribution in [2.75, 3.05) is 0 Å². The fourth-order valence-corrected chi connectivity index (χ4v) is 8.14. The fourth-order valence-electron chi connectivity index (χ4n) is 8.14. The molecule has 0 bridgehead atoms. The van der Waals surface area contributed by atoms with Gasteiger partial charge >= 0.3 is 0 Å². The van der Waals surface area contributed by atoms with E-state index in [1.165, 1.54) is 16.7 Å². The van der Waals surface area contributed by atoms with E-state index >= 15 is 0 Å². The first-order valence-corrected chi connectivity index (χ1v) is 24.4. The van der Waals surface area contributed by atoms with Gasteiger partial charge in [0.25, 0.3) is 0 Å². The molecule has 9 aromatic rings. The van der Waals surface area contributed by atoms with Gasteiger partial charge in [-0.1, -0.05) is 164 Å². The Kier molecular flexibility index (Phi) is 18.8. The molecule has 3 heterocycles. The van der Waals surface area contributed by atoms with Crippen molar-refractivity contribution < 1.29 is 35.4 Å². The van der Waals surface area contributed by atoms with Gasteiger partial charge in [-0.25, -0.2) is 0 Å². The van der Waals surface area contributed by atoms with E-state index in [0.29, 0.717) is 0 Å². The summed E-state index contributed by atoms with van der Waals surface area (Å²) in [6.45, 7) is 21.0. The molecule has 0 aliphatic carbocycles. The predicted octanol–water partition coefficient (Wildman–Crippen LogP) is 15.4. The Hall–Kier alpha value is -6.83. The largest absolute Gasteiger partial charge is 0.429 e. The minimum absolute atomic E-state index is 0. The van der Waals surface area contributed by atoms with Crippen LogP contribution in [0.5, 0.6) is 0 Å². The normalized spacial score (nSPS) is 11.3. The molecule has 0 saturated carbocycles. The first-order chi connectivity index (χ1) is 34.5. The third-order valence-corrected chi connectivity index (χ3v) is 12.6. The summed E-state index contributed by atoms with van der Waals surface area (Å²) in [5.74, 6) is 0. The zero-order chi connectivity index (χ0) is 51.5. The zero-order valence-electron chi connectivity index (χ0n) is 43.3. The molecule has 6 nitrogen and oxygen atoms in total. The Morgan fingerprint density at radius 3 is 1.03 bits per heavy atom. The van der Waals surface area contributed by atoms with Crippen molar-refractivity contribution in [2.24, 2.45) is 0 Å². The molecule has 3 N–H and O–H groups in total. The maximum atomic E-state index is 9.50. The van der Waals surface area contributed by atoms with Gasteiger partial charge in [-0.3, -0.25) is 0 Å². The van der Waals surface area contributed by atoms with Gasteiger partial charge in [0.15, 0.2) is 0 Å². The molecule has 0 aliphatic rings. The van der Waals surface area contributed by atoms with E-state index in [4.69, 9.17) is 0 Å². The first kappa shape index (κ1) is 55.5. The Morgan fingerprint density at radius 1 is 0.411 bits per heavy atom. The van der Waals surface area contributed by atoms with Crippen LogP contribution in [-0.2, 0) is 49.6 Å². The van der Waals surface area contributed by atoms with Crippen molar-refractivity contribution in [3.8, 4) is 67.2 Å². The summed E-state index contributed by atoms with van der Waals surface area (Å²) in [4.78, 5) is 13.5. The van der Waals surface area contributed by atoms with Crippen molar-refractivity contribution >= 4 is 0 Å². The number of hydrogen-bond acceptors (Lipinski definition) is 6. The van der Waals surface area contributed by atoms with Crippen LogP contribution in [0.1, 0.15) is 95.7 Å². The molecule has 375 valence electrons. The van der Waals surface area contributed by atoms with Crippen molar-refractivity contribution in [1.82, 2.24) is 15.0 Å². The predicted molar refractivity (Wildman–Crippen MR) is 295 cm³/mol. The van der Waals surface area contributed by atoms with Gasteiger partial charge in [0.05, 0.1) is 13.2 Å². The third-order valence-electron chi connectivity index (χ3n) is 12.6. The Labute approximate surface area is 447 Å². The van der Waals surface area contributed by atoms with Crippen molar-refractivity contribution in [3.05, 3.63) is 241 Å². The topological polar surface area (TPSA) is 99.4 Å². The molecule has 0 spiro atoms. The molecule has 9 rings (SSSR count). The number of hydrogen-bond donors (Lipinski definition) is 3. The van der Waals surface area contributed by atoms with Crippen molar-refractivity contribution in [2.45, 2.75) is 91.8 Å². The van der Waals surface area contributed by atoms with Crippen LogP contribution in [0.3, 0.4) is 0 Å². The molecule has 0 aliphatic heterocycles. The van der Waals surface area contributed by atoms with Crippen LogP contribution in [0.15, 0.2) is 182 Å². The van der Waals surface area contributed by atoms with E-state index in [9.17, 15) is 15.3 Å². The SMILES string of the molecule is CC(C)(C)c1ccnc(-c2[c-]cc(-c3ccccc3CO)cc2)c1.CC(C)(C)c1ccnc(-c2[c-]cc(-c3ccccc3CO)cc2)c1.CC(C)(C)c1ccnc(-c2[c-]cc(-c3ccccc3[CH-]O)cc2)c1.[Ir]. The summed E-state index contributed by atoms with van der Waals surface area (Å²) < 4.78 is 0. The van der Waals surface area contributed by atoms with Crippen LogP contribution < -0.4 is 0 Å². The molecule has 0 fully saturated rings. The van der Waals surface area contributed by atoms with Crippen molar-refractivity contribution in [1.29, 1.82) is 0 Å². The zero-order valence-corrected chi connectivity index (χ0v) is 45.7. The van der Waals surface area contributed by atoms with Gasteiger partial charge < -0.3 is 30.3 Å². The minimum Gasteiger partial charge on any atom is -0.429 e. The molecule has 1 radical (unpaired) electrons. The molecule has 7 heteroatoms. The van der Waals surface area contributed by atoms with Gasteiger partial charge in [-0.2, -0.15) is 28.8 Å². The third kappa shape index (κ3) is 14.4. The van der Waals surface area contributed by atoms with E-state index < -0.39 is 0 Å². The number of aliphatic hydroxyl groups is 3. The van der Waals surface area contributed by atoms with Gasteiger partial charge in [0.1, 0.15) is 0 Å². The molecular formula is C66H65IrN3O3-4. The molecule has 0 amide bonds. The van der Waals surface area contributed by atoms with E-state index in [1.807, 2.05) is 134 Å². The molecule has 0 unspecified atom stereocenters. The van der Waals surface area contributed by atoms with E-state index in [1.54, 1.807) is 0 Å². The second-order valence-corrected chi connectivity index (χ2v) is 20.9. The number of rotatable bonds is 9. The second-order valence-electron chi connectivity index (χ2n) is 20.9. The quantitative estimate of drug-likeness (QED) is 0.125. The summed E-state index contributed by atoms with van der Waals surface area (Å²) >= 11 is 0. The van der Waals surface area contributed by atoms with Gasteiger partial charge in [0.2, 0.25) is 0 Å². The first-order valence-electron chi connectivity index (χ1n) is 24.4. The average molecular weight is 1140 g/mol. The molecule has 0 atom stereocenters. The van der Waals surface area contributed by atoms with Crippen LogP contribution in [0.2, 0.25) is 0 Å². The number of pyridine rings is 3. The number of benzene rings is 6. The van der Waals surface area contributed by atoms with Gasteiger partial charge in [-0.15, -0.1) is 95.6 Å². The van der Waals surface area contributed by atoms with Crippen LogP contribution in [0.25, 0.3) is 67.2 Å². The van der Waals surface area contributed by atoms with Crippen molar-refractivity contribution in [3.63, 3.8) is 0 Å². The van der Waals surface area contributed by atoms with E-state index in [0.717, 1.165) is 90.5 Å². The van der Waals surface area contributed by atoms with E-state index in [-0.39, 0.29) is 49.6 Å². The Morgan fingerprint density at radius 2 is 0.726 bits per heavy atom. The Bertz CT molecular complexity index is 2840. The number of aromatic nitrogens is 3. The molecule has 6 aromatic carbocycles. The fraction of sp³-hybridized carbons (Fsp3) is 0.212. The molecular weight excluding hydrogens is 1070 g/mol. The Balaban J connectivity index is 0.000000177. The van der Waals surface area contributed by atoms with Gasteiger partial charge in [-0.05, 0) is 79.3 Å². The van der Waals surface area contributed by atoms with Crippen LogP contribution in [0, 0.1) is 24.8 Å². The van der Waals surface area contributed by atoms with E-state index in [2.05, 4.69) is 144 Å². The summed E-state index contributed by atoms with van der Waals surface area (Å²) in [5.41, 5.74) is 18.6. The van der Waals surface area contributed by atoms with Crippen LogP contribution >= 0.6 is 0 Å². The monoisotopic (exact) mass is 1140 g/mol. The molecule has 0 saturated heterocycles. The summed E-state index contributed by atoms with van der Waals surface area (Å²) in [6.07, 6.45) is 5.57. The molecule has 73 heavy (non-hydrogen) atoms. The van der Waals surface area contributed by atoms with Crippen LogP contribution in [-0.4, -0.2) is 30.3 Å². The smallest absolute Gasteiger partial charge is 0.0680 e. The molecule has 3 aromatic heterocycles. The summed E-state index contributed by atoms with van der Waals surface area (Å²) in [6, 6.07) is 64.2. The maximum absolute atomic E-state index is 9.50.